The molecule has 1 heterocycles. The molecule has 0 aliphatic heterocycles. The molecule has 0 unspecified atom stereocenters. The van der Waals surface area contributed by atoms with Gasteiger partial charge in [0.2, 0.25) is 0 Å². The standard InChI is InChI=1S/C9H17N3/c1-5-6-8-10-11-9(7(2)3)12(8)4/h7H,5-6H2,1-4H3. The van der Waals surface area contributed by atoms with Crippen LogP contribution in [0.2, 0.25) is 0 Å². The van der Waals surface area contributed by atoms with Crippen molar-refractivity contribution in [2.24, 2.45) is 7.05 Å². The first kappa shape index (κ1) is 9.23. The topological polar surface area (TPSA) is 30.7 Å². The number of aryl methyl sites for hydroxylation is 1. The van der Waals surface area contributed by atoms with Gasteiger partial charge in [0.1, 0.15) is 11.6 Å². The fraction of sp³-hybridized carbons (Fsp3) is 0.778. The molecule has 68 valence electrons. The van der Waals surface area contributed by atoms with Crippen molar-refractivity contribution in [1.82, 2.24) is 14.8 Å². The van der Waals surface area contributed by atoms with Crippen molar-refractivity contribution in [3.63, 3.8) is 0 Å². The Morgan fingerprint density at radius 1 is 1.33 bits per heavy atom. The second-order valence-corrected chi connectivity index (χ2v) is 3.44. The Morgan fingerprint density at radius 2 is 2.00 bits per heavy atom. The molecule has 0 atom stereocenters. The molecular formula is C9H17N3. The average Bonchev–Trinajstić information content (AvgIpc) is 2.34. The SMILES string of the molecule is CCCc1nnc(C(C)C)n1C. The molecule has 12 heavy (non-hydrogen) atoms. The number of nitrogens with zero attached hydrogens (tertiary/aromatic N) is 3. The van der Waals surface area contributed by atoms with E-state index < -0.39 is 0 Å². The first-order chi connectivity index (χ1) is 5.66. The van der Waals surface area contributed by atoms with Crippen LogP contribution < -0.4 is 0 Å². The summed E-state index contributed by atoms with van der Waals surface area (Å²) in [5.74, 6) is 2.65. The van der Waals surface area contributed by atoms with Gasteiger partial charge in [-0.25, -0.2) is 0 Å². The minimum absolute atomic E-state index is 0.466. The van der Waals surface area contributed by atoms with Gasteiger partial charge in [-0.1, -0.05) is 20.8 Å². The van der Waals surface area contributed by atoms with Gasteiger partial charge in [0.25, 0.3) is 0 Å². The predicted molar refractivity (Wildman–Crippen MR) is 49.1 cm³/mol. The molecule has 1 aromatic heterocycles. The van der Waals surface area contributed by atoms with Crippen LogP contribution in [0.3, 0.4) is 0 Å². The Balaban J connectivity index is 2.88. The maximum Gasteiger partial charge on any atom is 0.135 e. The summed E-state index contributed by atoms with van der Waals surface area (Å²) in [4.78, 5) is 0. The normalized spacial score (nSPS) is 11.1. The van der Waals surface area contributed by atoms with Crippen molar-refractivity contribution >= 4 is 0 Å². The highest BCUT2D eigenvalue weighted by molar-refractivity contribution is 4.98. The molecule has 1 aromatic rings. The summed E-state index contributed by atoms with van der Waals surface area (Å²) in [6, 6.07) is 0. The van der Waals surface area contributed by atoms with Gasteiger partial charge in [-0.2, -0.15) is 0 Å². The summed E-state index contributed by atoms with van der Waals surface area (Å²) in [7, 11) is 2.04. The van der Waals surface area contributed by atoms with Gasteiger partial charge in [0.05, 0.1) is 0 Å². The second-order valence-electron chi connectivity index (χ2n) is 3.44. The first-order valence-electron chi connectivity index (χ1n) is 4.55. The summed E-state index contributed by atoms with van der Waals surface area (Å²) >= 11 is 0. The lowest BCUT2D eigenvalue weighted by atomic mass is 10.2. The molecule has 0 spiro atoms. The van der Waals surface area contributed by atoms with Gasteiger partial charge in [-0.15, -0.1) is 10.2 Å². The molecule has 0 bridgehead atoms. The molecule has 3 heteroatoms. The molecule has 0 fully saturated rings. The quantitative estimate of drug-likeness (QED) is 0.688. The molecule has 0 amide bonds. The lowest BCUT2D eigenvalue weighted by Crippen LogP contribution is -2.03. The summed E-state index contributed by atoms with van der Waals surface area (Å²) in [5.41, 5.74) is 0. The highest BCUT2D eigenvalue weighted by Gasteiger charge is 2.09. The highest BCUT2D eigenvalue weighted by Crippen LogP contribution is 2.11. The van der Waals surface area contributed by atoms with Gasteiger partial charge >= 0.3 is 0 Å². The van der Waals surface area contributed by atoms with Gasteiger partial charge < -0.3 is 4.57 Å². The number of hydrogen-bond acceptors (Lipinski definition) is 2. The largest absolute Gasteiger partial charge is 0.318 e. The van der Waals surface area contributed by atoms with Crippen LogP contribution in [0, 0.1) is 0 Å². The maximum absolute atomic E-state index is 4.15. The Bertz CT molecular complexity index is 250. The van der Waals surface area contributed by atoms with E-state index in [2.05, 4.69) is 35.5 Å². The zero-order valence-electron chi connectivity index (χ0n) is 8.33. The summed E-state index contributed by atoms with van der Waals surface area (Å²) in [6.07, 6.45) is 2.15. The summed E-state index contributed by atoms with van der Waals surface area (Å²) in [6.45, 7) is 6.43. The van der Waals surface area contributed by atoms with Gasteiger partial charge in [-0.05, 0) is 6.42 Å². The molecule has 3 nitrogen and oxygen atoms in total. The molecule has 0 saturated carbocycles. The Morgan fingerprint density at radius 3 is 2.42 bits per heavy atom. The van der Waals surface area contributed by atoms with Crippen molar-refractivity contribution in [3.8, 4) is 0 Å². The van der Waals surface area contributed by atoms with Gasteiger partial charge in [0, 0.05) is 19.4 Å². The van der Waals surface area contributed by atoms with E-state index in [0.717, 1.165) is 24.5 Å². The molecule has 0 radical (unpaired) electrons. The third-order valence-electron chi connectivity index (χ3n) is 1.99. The number of hydrogen-bond donors (Lipinski definition) is 0. The van der Waals surface area contributed by atoms with Crippen molar-refractivity contribution in [2.75, 3.05) is 0 Å². The highest BCUT2D eigenvalue weighted by atomic mass is 15.3. The molecule has 0 aliphatic rings. The van der Waals surface area contributed by atoms with E-state index in [1.54, 1.807) is 0 Å². The van der Waals surface area contributed by atoms with Crippen LogP contribution in [0.4, 0.5) is 0 Å². The van der Waals surface area contributed by atoms with Crippen molar-refractivity contribution < 1.29 is 0 Å². The van der Waals surface area contributed by atoms with Crippen molar-refractivity contribution in [1.29, 1.82) is 0 Å². The van der Waals surface area contributed by atoms with Crippen molar-refractivity contribution in [3.05, 3.63) is 11.6 Å². The van der Waals surface area contributed by atoms with Crippen LogP contribution in [0.15, 0.2) is 0 Å². The zero-order chi connectivity index (χ0) is 9.14. The van der Waals surface area contributed by atoms with E-state index in [9.17, 15) is 0 Å². The fourth-order valence-electron chi connectivity index (χ4n) is 1.32. The maximum atomic E-state index is 4.15. The Hall–Kier alpha value is -0.860. The van der Waals surface area contributed by atoms with Crippen LogP contribution in [0.5, 0.6) is 0 Å². The molecule has 0 N–H and O–H groups in total. The predicted octanol–water partition coefficient (Wildman–Crippen LogP) is 1.89. The Kier molecular flexibility index (Phi) is 2.84. The molecular weight excluding hydrogens is 150 g/mol. The number of aromatic nitrogens is 3. The van der Waals surface area contributed by atoms with E-state index in [0.29, 0.717) is 5.92 Å². The van der Waals surface area contributed by atoms with Crippen LogP contribution >= 0.6 is 0 Å². The lowest BCUT2D eigenvalue weighted by Gasteiger charge is -2.04. The van der Waals surface area contributed by atoms with Crippen LogP contribution in [-0.2, 0) is 13.5 Å². The van der Waals surface area contributed by atoms with E-state index in [-0.39, 0.29) is 0 Å². The van der Waals surface area contributed by atoms with Gasteiger partial charge in [-0.3, -0.25) is 0 Å². The third kappa shape index (κ3) is 1.65. The van der Waals surface area contributed by atoms with Crippen LogP contribution in [-0.4, -0.2) is 14.8 Å². The molecule has 0 aromatic carbocycles. The minimum Gasteiger partial charge on any atom is -0.318 e. The summed E-state index contributed by atoms with van der Waals surface area (Å²) < 4.78 is 2.11. The number of rotatable bonds is 3. The van der Waals surface area contributed by atoms with E-state index in [4.69, 9.17) is 0 Å². The molecule has 1 rings (SSSR count). The van der Waals surface area contributed by atoms with E-state index in [1.165, 1.54) is 0 Å². The monoisotopic (exact) mass is 167 g/mol. The van der Waals surface area contributed by atoms with E-state index >= 15 is 0 Å². The smallest absolute Gasteiger partial charge is 0.135 e. The minimum atomic E-state index is 0.466. The van der Waals surface area contributed by atoms with E-state index in [1.807, 2.05) is 7.05 Å². The zero-order valence-corrected chi connectivity index (χ0v) is 8.33. The Labute approximate surface area is 73.8 Å². The fourth-order valence-corrected chi connectivity index (χ4v) is 1.32. The van der Waals surface area contributed by atoms with Gasteiger partial charge in [0.15, 0.2) is 0 Å². The van der Waals surface area contributed by atoms with Crippen molar-refractivity contribution in [2.45, 2.75) is 39.5 Å². The van der Waals surface area contributed by atoms with Crippen LogP contribution in [0.25, 0.3) is 0 Å². The lowest BCUT2D eigenvalue weighted by molar-refractivity contribution is 0.681. The second kappa shape index (κ2) is 3.70. The summed E-state index contributed by atoms with van der Waals surface area (Å²) in [5, 5.41) is 8.29. The van der Waals surface area contributed by atoms with Crippen LogP contribution in [0.1, 0.15) is 44.8 Å². The molecule has 0 aliphatic carbocycles. The first-order valence-corrected chi connectivity index (χ1v) is 4.55. The average molecular weight is 167 g/mol. The third-order valence-corrected chi connectivity index (χ3v) is 1.99. The molecule has 0 saturated heterocycles.